The highest BCUT2D eigenvalue weighted by atomic mass is 14.7. The molecule has 0 fully saturated rings. The predicted molar refractivity (Wildman–Crippen MR) is 89.3 cm³/mol. The molecule has 1 nitrogen and oxygen atoms in total. The van der Waals surface area contributed by atoms with Crippen molar-refractivity contribution in [1.82, 2.24) is 4.98 Å². The summed E-state index contributed by atoms with van der Waals surface area (Å²) in [5.41, 5.74) is 8.50. The zero-order chi connectivity index (χ0) is 14.8. The standard InChI is InChI=1S/C20H19N/c1-14-5-4-6-18(10-14)20-13-17(7-8-21-20)19-11-15(2)9-16(3)12-19/h4-13H,1-3H3. The summed E-state index contributed by atoms with van der Waals surface area (Å²) in [5, 5.41) is 0. The topological polar surface area (TPSA) is 12.9 Å². The van der Waals surface area contributed by atoms with Crippen LogP contribution in [-0.2, 0) is 0 Å². The van der Waals surface area contributed by atoms with Gasteiger partial charge >= 0.3 is 0 Å². The van der Waals surface area contributed by atoms with E-state index in [1.807, 2.05) is 6.20 Å². The van der Waals surface area contributed by atoms with Gasteiger partial charge in [-0.05, 0) is 50.1 Å². The maximum Gasteiger partial charge on any atom is 0.0708 e. The molecule has 0 saturated heterocycles. The van der Waals surface area contributed by atoms with E-state index < -0.39 is 0 Å². The van der Waals surface area contributed by atoms with Gasteiger partial charge in [-0.25, -0.2) is 0 Å². The Morgan fingerprint density at radius 2 is 1.33 bits per heavy atom. The third-order valence-electron chi connectivity index (χ3n) is 3.63. The maximum absolute atomic E-state index is 4.52. The molecule has 0 unspecified atom stereocenters. The lowest BCUT2D eigenvalue weighted by Gasteiger charge is -2.08. The first-order valence-corrected chi connectivity index (χ1v) is 7.23. The van der Waals surface area contributed by atoms with Crippen LogP contribution in [0.4, 0.5) is 0 Å². The fourth-order valence-corrected chi connectivity index (χ4v) is 2.71. The molecule has 0 N–H and O–H groups in total. The molecule has 0 atom stereocenters. The second-order valence-electron chi connectivity index (χ2n) is 5.68. The number of aromatic nitrogens is 1. The minimum atomic E-state index is 1.02. The molecule has 1 heterocycles. The van der Waals surface area contributed by atoms with Crippen LogP contribution in [0, 0.1) is 20.8 Å². The average Bonchev–Trinajstić information content (AvgIpc) is 2.46. The third kappa shape index (κ3) is 3.03. The van der Waals surface area contributed by atoms with Crippen LogP contribution in [0.1, 0.15) is 16.7 Å². The zero-order valence-corrected chi connectivity index (χ0v) is 12.7. The predicted octanol–water partition coefficient (Wildman–Crippen LogP) is 5.34. The molecule has 0 bridgehead atoms. The van der Waals surface area contributed by atoms with E-state index in [2.05, 4.69) is 80.4 Å². The number of pyridine rings is 1. The number of aryl methyl sites for hydroxylation is 3. The minimum absolute atomic E-state index is 1.02. The molecule has 0 aliphatic heterocycles. The number of rotatable bonds is 2. The molecule has 0 radical (unpaired) electrons. The molecule has 0 amide bonds. The second-order valence-corrected chi connectivity index (χ2v) is 5.68. The van der Waals surface area contributed by atoms with Gasteiger partial charge in [0.05, 0.1) is 5.69 Å². The Balaban J connectivity index is 2.08. The molecule has 1 heteroatoms. The van der Waals surface area contributed by atoms with Gasteiger partial charge in [-0.15, -0.1) is 0 Å². The molecule has 0 saturated carbocycles. The van der Waals surface area contributed by atoms with Crippen molar-refractivity contribution in [3.63, 3.8) is 0 Å². The van der Waals surface area contributed by atoms with E-state index >= 15 is 0 Å². The molecular formula is C20H19N. The first-order chi connectivity index (χ1) is 10.1. The monoisotopic (exact) mass is 273 g/mol. The molecular weight excluding hydrogens is 254 g/mol. The van der Waals surface area contributed by atoms with Crippen LogP contribution >= 0.6 is 0 Å². The number of nitrogens with zero attached hydrogens (tertiary/aromatic N) is 1. The van der Waals surface area contributed by atoms with E-state index in [4.69, 9.17) is 0 Å². The van der Waals surface area contributed by atoms with E-state index in [-0.39, 0.29) is 0 Å². The lowest BCUT2D eigenvalue weighted by atomic mass is 9.99. The SMILES string of the molecule is Cc1cc(C)cc(-c2ccnc(-c3cccc(C)c3)c2)c1. The lowest BCUT2D eigenvalue weighted by Crippen LogP contribution is -1.87. The van der Waals surface area contributed by atoms with Crippen molar-refractivity contribution in [3.05, 3.63) is 77.5 Å². The Morgan fingerprint density at radius 3 is 2.05 bits per heavy atom. The molecule has 0 aliphatic rings. The first-order valence-electron chi connectivity index (χ1n) is 7.23. The summed E-state index contributed by atoms with van der Waals surface area (Å²) in [4.78, 5) is 4.52. The van der Waals surface area contributed by atoms with Gasteiger partial charge in [0.1, 0.15) is 0 Å². The Labute approximate surface area is 126 Å². The Hall–Kier alpha value is -2.41. The van der Waals surface area contributed by atoms with Crippen LogP contribution in [0.3, 0.4) is 0 Å². The van der Waals surface area contributed by atoms with Crippen LogP contribution in [0.2, 0.25) is 0 Å². The van der Waals surface area contributed by atoms with Gasteiger partial charge in [-0.3, -0.25) is 4.98 Å². The molecule has 1 aromatic heterocycles. The largest absolute Gasteiger partial charge is 0.256 e. The summed E-state index contributed by atoms with van der Waals surface area (Å²) >= 11 is 0. The quantitative estimate of drug-likeness (QED) is 0.614. The molecule has 21 heavy (non-hydrogen) atoms. The zero-order valence-electron chi connectivity index (χ0n) is 12.7. The molecule has 104 valence electrons. The molecule has 0 spiro atoms. The summed E-state index contributed by atoms with van der Waals surface area (Å²) in [5.74, 6) is 0. The Kier molecular flexibility index (Phi) is 3.57. The summed E-state index contributed by atoms with van der Waals surface area (Å²) in [7, 11) is 0. The summed E-state index contributed by atoms with van der Waals surface area (Å²) in [6, 6.07) is 19.4. The van der Waals surface area contributed by atoms with Gasteiger partial charge in [-0.1, -0.05) is 53.1 Å². The van der Waals surface area contributed by atoms with Crippen molar-refractivity contribution in [2.24, 2.45) is 0 Å². The van der Waals surface area contributed by atoms with E-state index in [0.29, 0.717) is 0 Å². The van der Waals surface area contributed by atoms with Gasteiger partial charge in [-0.2, -0.15) is 0 Å². The van der Waals surface area contributed by atoms with Crippen LogP contribution in [0.5, 0.6) is 0 Å². The Morgan fingerprint density at radius 1 is 0.619 bits per heavy atom. The summed E-state index contributed by atoms with van der Waals surface area (Å²) in [6.45, 7) is 6.38. The molecule has 3 aromatic rings. The van der Waals surface area contributed by atoms with Crippen LogP contribution in [-0.4, -0.2) is 4.98 Å². The van der Waals surface area contributed by atoms with E-state index in [1.54, 1.807) is 0 Å². The Bertz CT molecular complexity index is 767. The molecule has 0 aliphatic carbocycles. The number of hydrogen-bond donors (Lipinski definition) is 0. The van der Waals surface area contributed by atoms with Gasteiger partial charge in [0.25, 0.3) is 0 Å². The normalized spacial score (nSPS) is 10.6. The highest BCUT2D eigenvalue weighted by molar-refractivity contribution is 5.71. The van der Waals surface area contributed by atoms with Crippen molar-refractivity contribution in [1.29, 1.82) is 0 Å². The molecule has 3 rings (SSSR count). The summed E-state index contributed by atoms with van der Waals surface area (Å²) in [6.07, 6.45) is 1.89. The average molecular weight is 273 g/mol. The number of hydrogen-bond acceptors (Lipinski definition) is 1. The number of benzene rings is 2. The molecule has 2 aromatic carbocycles. The van der Waals surface area contributed by atoms with Crippen molar-refractivity contribution >= 4 is 0 Å². The van der Waals surface area contributed by atoms with Crippen molar-refractivity contribution in [2.45, 2.75) is 20.8 Å². The fraction of sp³-hybridized carbons (Fsp3) is 0.150. The second kappa shape index (κ2) is 5.53. The van der Waals surface area contributed by atoms with Crippen molar-refractivity contribution < 1.29 is 0 Å². The smallest absolute Gasteiger partial charge is 0.0708 e. The lowest BCUT2D eigenvalue weighted by molar-refractivity contribution is 1.31. The van der Waals surface area contributed by atoms with Crippen molar-refractivity contribution in [3.8, 4) is 22.4 Å². The highest BCUT2D eigenvalue weighted by Gasteiger charge is 2.04. The van der Waals surface area contributed by atoms with Crippen LogP contribution < -0.4 is 0 Å². The van der Waals surface area contributed by atoms with Gasteiger partial charge in [0, 0.05) is 11.8 Å². The maximum atomic E-state index is 4.52. The van der Waals surface area contributed by atoms with Gasteiger partial charge < -0.3 is 0 Å². The van der Waals surface area contributed by atoms with E-state index in [9.17, 15) is 0 Å². The van der Waals surface area contributed by atoms with Gasteiger partial charge in [0.15, 0.2) is 0 Å². The van der Waals surface area contributed by atoms with E-state index in [1.165, 1.54) is 33.4 Å². The first kappa shape index (κ1) is 13.6. The van der Waals surface area contributed by atoms with Crippen molar-refractivity contribution in [2.75, 3.05) is 0 Å². The van der Waals surface area contributed by atoms with E-state index in [0.717, 1.165) is 5.69 Å². The van der Waals surface area contributed by atoms with Gasteiger partial charge in [0.2, 0.25) is 0 Å². The van der Waals surface area contributed by atoms with Crippen LogP contribution in [0.15, 0.2) is 60.8 Å². The highest BCUT2D eigenvalue weighted by Crippen LogP contribution is 2.26. The fourth-order valence-electron chi connectivity index (χ4n) is 2.71. The van der Waals surface area contributed by atoms with Crippen LogP contribution in [0.25, 0.3) is 22.4 Å². The summed E-state index contributed by atoms with van der Waals surface area (Å²) < 4.78 is 0. The third-order valence-corrected chi connectivity index (χ3v) is 3.63. The minimum Gasteiger partial charge on any atom is -0.256 e.